The molecule has 1 aromatic carbocycles. The van der Waals surface area contributed by atoms with Gasteiger partial charge in [-0.2, -0.15) is 0 Å². The average Bonchev–Trinajstić information content (AvgIpc) is 2.38. The number of nitrogens with one attached hydrogen (secondary N) is 3. The molecule has 0 aliphatic heterocycles. The maximum absolute atomic E-state index is 13.5. The van der Waals surface area contributed by atoms with Crippen LogP contribution in [-0.4, -0.2) is 31.0 Å². The number of guanidine groups is 1. The number of benzene rings is 1. The summed E-state index contributed by atoms with van der Waals surface area (Å²) in [6, 6.07) is 6.52. The lowest BCUT2D eigenvalue weighted by Gasteiger charge is -2.21. The number of aliphatic imine (C=N–C) groups is 1. The van der Waals surface area contributed by atoms with E-state index in [1.807, 2.05) is 20.8 Å². The zero-order valence-corrected chi connectivity index (χ0v) is 13.0. The van der Waals surface area contributed by atoms with Crippen molar-refractivity contribution < 1.29 is 9.18 Å². The van der Waals surface area contributed by atoms with Crippen LogP contribution in [0.3, 0.4) is 0 Å². The van der Waals surface area contributed by atoms with E-state index in [4.69, 9.17) is 0 Å². The van der Waals surface area contributed by atoms with Crippen molar-refractivity contribution in [3.63, 3.8) is 0 Å². The SMILES string of the molecule is CN=C(NCC(=O)NC(C)(C)C)NCc1ccccc1F. The van der Waals surface area contributed by atoms with Crippen molar-refractivity contribution in [3.8, 4) is 0 Å². The van der Waals surface area contributed by atoms with Gasteiger partial charge in [0.15, 0.2) is 5.96 Å². The quantitative estimate of drug-likeness (QED) is 0.581. The van der Waals surface area contributed by atoms with E-state index >= 15 is 0 Å². The summed E-state index contributed by atoms with van der Waals surface area (Å²) >= 11 is 0. The molecule has 0 aliphatic rings. The predicted molar refractivity (Wildman–Crippen MR) is 82.5 cm³/mol. The largest absolute Gasteiger partial charge is 0.352 e. The summed E-state index contributed by atoms with van der Waals surface area (Å²) in [5.41, 5.74) is 0.266. The summed E-state index contributed by atoms with van der Waals surface area (Å²) in [6.45, 7) is 6.14. The van der Waals surface area contributed by atoms with Crippen LogP contribution in [0.2, 0.25) is 0 Å². The number of nitrogens with zero attached hydrogens (tertiary/aromatic N) is 1. The van der Waals surface area contributed by atoms with Gasteiger partial charge in [0.05, 0.1) is 6.54 Å². The molecule has 5 nitrogen and oxygen atoms in total. The predicted octanol–water partition coefficient (Wildman–Crippen LogP) is 1.41. The van der Waals surface area contributed by atoms with E-state index in [9.17, 15) is 9.18 Å². The van der Waals surface area contributed by atoms with Gasteiger partial charge in [-0.3, -0.25) is 9.79 Å². The molecule has 0 unspecified atom stereocenters. The molecule has 21 heavy (non-hydrogen) atoms. The highest BCUT2D eigenvalue weighted by Crippen LogP contribution is 2.05. The summed E-state index contributed by atoms with van der Waals surface area (Å²) in [5.74, 6) is 0.0459. The van der Waals surface area contributed by atoms with Crippen molar-refractivity contribution in [1.82, 2.24) is 16.0 Å². The molecule has 0 fully saturated rings. The van der Waals surface area contributed by atoms with Gasteiger partial charge in [0.1, 0.15) is 5.82 Å². The smallest absolute Gasteiger partial charge is 0.239 e. The van der Waals surface area contributed by atoms with E-state index in [1.165, 1.54) is 6.07 Å². The Bertz CT molecular complexity index is 509. The molecule has 1 aromatic rings. The molecule has 1 amide bonds. The molecule has 0 aromatic heterocycles. The van der Waals surface area contributed by atoms with Crippen molar-refractivity contribution >= 4 is 11.9 Å². The molecule has 0 heterocycles. The van der Waals surface area contributed by atoms with E-state index in [2.05, 4.69) is 20.9 Å². The Morgan fingerprint density at radius 1 is 1.24 bits per heavy atom. The molecule has 0 radical (unpaired) electrons. The minimum atomic E-state index is -0.275. The zero-order chi connectivity index (χ0) is 15.9. The Morgan fingerprint density at radius 3 is 2.48 bits per heavy atom. The van der Waals surface area contributed by atoms with E-state index in [1.54, 1.807) is 25.2 Å². The van der Waals surface area contributed by atoms with E-state index in [0.29, 0.717) is 18.1 Å². The third kappa shape index (κ3) is 6.74. The maximum Gasteiger partial charge on any atom is 0.239 e. The lowest BCUT2D eigenvalue weighted by molar-refractivity contribution is -0.121. The number of rotatable bonds is 4. The van der Waals surface area contributed by atoms with Gasteiger partial charge in [0, 0.05) is 24.7 Å². The van der Waals surface area contributed by atoms with Crippen LogP contribution in [0.4, 0.5) is 4.39 Å². The Kier molecular flexibility index (Phi) is 6.14. The van der Waals surface area contributed by atoms with Crippen LogP contribution in [0.1, 0.15) is 26.3 Å². The fourth-order valence-corrected chi connectivity index (χ4v) is 1.67. The van der Waals surface area contributed by atoms with Crippen LogP contribution in [0, 0.1) is 5.82 Å². The molecule has 0 bridgehead atoms. The molecule has 0 aliphatic carbocycles. The van der Waals surface area contributed by atoms with Crippen LogP contribution in [-0.2, 0) is 11.3 Å². The number of hydrogen-bond donors (Lipinski definition) is 3. The number of hydrogen-bond acceptors (Lipinski definition) is 2. The van der Waals surface area contributed by atoms with Crippen LogP contribution < -0.4 is 16.0 Å². The first-order chi connectivity index (χ1) is 9.81. The Morgan fingerprint density at radius 2 is 1.90 bits per heavy atom. The second-order valence-corrected chi connectivity index (χ2v) is 5.67. The summed E-state index contributed by atoms with van der Waals surface area (Å²) in [4.78, 5) is 15.7. The van der Waals surface area contributed by atoms with Gasteiger partial charge in [-0.15, -0.1) is 0 Å². The molecule has 6 heteroatoms. The molecule has 116 valence electrons. The zero-order valence-electron chi connectivity index (χ0n) is 13.0. The number of carbonyl (C=O) groups excluding carboxylic acids is 1. The van der Waals surface area contributed by atoms with Crippen LogP contribution >= 0.6 is 0 Å². The van der Waals surface area contributed by atoms with E-state index in [-0.39, 0.29) is 23.8 Å². The van der Waals surface area contributed by atoms with Gasteiger partial charge in [0.25, 0.3) is 0 Å². The summed E-state index contributed by atoms with van der Waals surface area (Å²) in [6.07, 6.45) is 0. The van der Waals surface area contributed by atoms with Gasteiger partial charge >= 0.3 is 0 Å². The first kappa shape index (κ1) is 16.9. The van der Waals surface area contributed by atoms with Gasteiger partial charge < -0.3 is 16.0 Å². The topological polar surface area (TPSA) is 65.5 Å². The van der Waals surface area contributed by atoms with Crippen molar-refractivity contribution in [2.24, 2.45) is 4.99 Å². The van der Waals surface area contributed by atoms with Gasteiger partial charge in [-0.1, -0.05) is 18.2 Å². The lowest BCUT2D eigenvalue weighted by atomic mass is 10.1. The van der Waals surface area contributed by atoms with Gasteiger partial charge in [0.2, 0.25) is 5.91 Å². The summed E-state index contributed by atoms with van der Waals surface area (Å²) in [7, 11) is 1.60. The molecular weight excluding hydrogens is 271 g/mol. The monoisotopic (exact) mass is 294 g/mol. The fourth-order valence-electron chi connectivity index (χ4n) is 1.67. The Balaban J connectivity index is 2.43. The van der Waals surface area contributed by atoms with Crippen molar-refractivity contribution in [3.05, 3.63) is 35.6 Å². The molecule has 0 saturated heterocycles. The average molecular weight is 294 g/mol. The number of amides is 1. The first-order valence-electron chi connectivity index (χ1n) is 6.81. The van der Waals surface area contributed by atoms with Crippen LogP contribution in [0.25, 0.3) is 0 Å². The van der Waals surface area contributed by atoms with Crippen molar-refractivity contribution in [1.29, 1.82) is 0 Å². The Hall–Kier alpha value is -2.11. The lowest BCUT2D eigenvalue weighted by Crippen LogP contribution is -2.48. The van der Waals surface area contributed by atoms with Crippen LogP contribution in [0.5, 0.6) is 0 Å². The summed E-state index contributed by atoms with van der Waals surface area (Å²) in [5, 5.41) is 8.69. The van der Waals surface area contributed by atoms with E-state index in [0.717, 1.165) is 0 Å². The molecule has 0 atom stereocenters. The molecule has 0 spiro atoms. The van der Waals surface area contributed by atoms with Crippen molar-refractivity contribution in [2.45, 2.75) is 32.9 Å². The minimum absolute atomic E-state index is 0.105. The molecular formula is C15H23FN4O. The van der Waals surface area contributed by atoms with E-state index < -0.39 is 0 Å². The van der Waals surface area contributed by atoms with Crippen molar-refractivity contribution in [2.75, 3.05) is 13.6 Å². The maximum atomic E-state index is 13.5. The van der Waals surface area contributed by atoms with Gasteiger partial charge in [-0.05, 0) is 26.8 Å². The van der Waals surface area contributed by atoms with Gasteiger partial charge in [-0.25, -0.2) is 4.39 Å². The highest BCUT2D eigenvalue weighted by Gasteiger charge is 2.13. The number of carbonyl (C=O) groups is 1. The highest BCUT2D eigenvalue weighted by atomic mass is 19.1. The normalized spacial score (nSPS) is 12.0. The standard InChI is InChI=1S/C15H23FN4O/c1-15(2,3)20-13(21)10-19-14(17-4)18-9-11-7-5-6-8-12(11)16/h5-8H,9-10H2,1-4H3,(H,20,21)(H2,17,18,19). The fraction of sp³-hybridized carbons (Fsp3) is 0.467. The second-order valence-electron chi connectivity index (χ2n) is 5.67. The third-order valence-electron chi connectivity index (χ3n) is 2.56. The van der Waals surface area contributed by atoms with Crippen LogP contribution in [0.15, 0.2) is 29.3 Å². The highest BCUT2D eigenvalue weighted by molar-refractivity contribution is 5.86. The molecule has 3 N–H and O–H groups in total. The summed E-state index contributed by atoms with van der Waals surface area (Å²) < 4.78 is 13.5. The molecule has 0 saturated carbocycles. The Labute approximate surface area is 125 Å². The third-order valence-corrected chi connectivity index (χ3v) is 2.56. The molecule has 1 rings (SSSR count). The minimum Gasteiger partial charge on any atom is -0.352 e. The first-order valence-corrected chi connectivity index (χ1v) is 6.81. The second kappa shape index (κ2) is 7.61. The number of halogens is 1.